The highest BCUT2D eigenvalue weighted by Gasteiger charge is 2.49. The minimum Gasteiger partial charge on any atom is -0.309 e. The van der Waals surface area contributed by atoms with E-state index >= 15 is 0 Å². The fourth-order valence-corrected chi connectivity index (χ4v) is 3.86. The molecule has 12 nitrogen and oxygen atoms in total. The standard InChI is InChI=1S/C13H21N5O7S/c19-11(9-3-1-2-6-14-9)15-16-12(20)10-5-4-8-7-17(10)13(21)18(8)25-26(22,23)24/h8-10,14H,1-7H2,(H,15,19)(H,16,20)(H,22,23,24)/t8-,9-,10+/m1/s1. The van der Waals surface area contributed by atoms with Gasteiger partial charge in [0.05, 0.1) is 12.1 Å². The number of hydrogen-bond donors (Lipinski definition) is 4. The van der Waals surface area contributed by atoms with Gasteiger partial charge in [0.2, 0.25) is 0 Å². The molecule has 3 saturated heterocycles. The topological polar surface area (TPSA) is 157 Å². The van der Waals surface area contributed by atoms with E-state index in [1.165, 1.54) is 0 Å². The molecule has 26 heavy (non-hydrogen) atoms. The van der Waals surface area contributed by atoms with Crippen LogP contribution in [0.4, 0.5) is 4.79 Å². The predicted molar refractivity (Wildman–Crippen MR) is 85.3 cm³/mol. The van der Waals surface area contributed by atoms with Crippen molar-refractivity contribution in [2.24, 2.45) is 0 Å². The number of piperidine rings is 2. The molecular formula is C13H21N5O7S. The summed E-state index contributed by atoms with van der Waals surface area (Å²) in [6, 6.07) is -2.64. The van der Waals surface area contributed by atoms with Crippen LogP contribution in [0.2, 0.25) is 0 Å². The highest BCUT2D eigenvalue weighted by molar-refractivity contribution is 7.80. The maximum absolute atomic E-state index is 12.3. The Kier molecular flexibility index (Phi) is 5.32. The summed E-state index contributed by atoms with van der Waals surface area (Å²) in [6.07, 6.45) is 3.19. The van der Waals surface area contributed by atoms with Crippen molar-refractivity contribution in [3.8, 4) is 0 Å². The van der Waals surface area contributed by atoms with Crippen LogP contribution in [0.15, 0.2) is 0 Å². The summed E-state index contributed by atoms with van der Waals surface area (Å²) >= 11 is 0. The molecule has 0 radical (unpaired) electrons. The molecule has 0 aromatic rings. The van der Waals surface area contributed by atoms with Crippen molar-refractivity contribution in [3.05, 3.63) is 0 Å². The van der Waals surface area contributed by atoms with Gasteiger partial charge in [-0.05, 0) is 32.2 Å². The van der Waals surface area contributed by atoms with Crippen molar-refractivity contribution < 1.29 is 31.6 Å². The van der Waals surface area contributed by atoms with Crippen LogP contribution in [0.5, 0.6) is 0 Å². The van der Waals surface area contributed by atoms with Gasteiger partial charge in [-0.1, -0.05) is 6.42 Å². The molecule has 13 heteroatoms. The highest BCUT2D eigenvalue weighted by atomic mass is 32.3. The number of carbonyl (C=O) groups excluding carboxylic acids is 3. The van der Waals surface area contributed by atoms with E-state index in [4.69, 9.17) is 4.55 Å². The molecule has 3 aliphatic heterocycles. The van der Waals surface area contributed by atoms with Gasteiger partial charge in [0.15, 0.2) is 0 Å². The van der Waals surface area contributed by atoms with E-state index in [1.54, 1.807) is 0 Å². The third-order valence-corrected chi connectivity index (χ3v) is 5.08. The van der Waals surface area contributed by atoms with Gasteiger partial charge in [0.1, 0.15) is 6.04 Å². The second-order valence-electron chi connectivity index (χ2n) is 6.49. The smallest absolute Gasteiger partial charge is 0.309 e. The van der Waals surface area contributed by atoms with Crippen LogP contribution >= 0.6 is 0 Å². The lowest BCUT2D eigenvalue weighted by molar-refractivity contribution is -0.133. The van der Waals surface area contributed by atoms with Gasteiger partial charge in [0, 0.05) is 6.54 Å². The molecule has 0 saturated carbocycles. The van der Waals surface area contributed by atoms with Gasteiger partial charge >= 0.3 is 16.4 Å². The lowest BCUT2D eigenvalue weighted by Crippen LogP contribution is -2.57. The Labute approximate surface area is 150 Å². The zero-order valence-electron chi connectivity index (χ0n) is 13.9. The number of hydroxylamine groups is 2. The van der Waals surface area contributed by atoms with Gasteiger partial charge in [-0.3, -0.25) is 25.0 Å². The van der Waals surface area contributed by atoms with Gasteiger partial charge in [0.25, 0.3) is 11.8 Å². The van der Waals surface area contributed by atoms with Gasteiger partial charge in [-0.15, -0.1) is 4.28 Å². The minimum absolute atomic E-state index is 0.0879. The maximum atomic E-state index is 12.3. The third-order valence-electron chi connectivity index (χ3n) is 4.74. The second-order valence-corrected chi connectivity index (χ2v) is 7.50. The van der Waals surface area contributed by atoms with E-state index in [-0.39, 0.29) is 24.9 Å². The van der Waals surface area contributed by atoms with Gasteiger partial charge in [-0.25, -0.2) is 4.79 Å². The lowest BCUT2D eigenvalue weighted by Gasteiger charge is -2.29. The molecule has 0 aromatic carbocycles. The molecule has 3 rings (SSSR count). The van der Waals surface area contributed by atoms with Crippen LogP contribution in [-0.2, 0) is 24.3 Å². The van der Waals surface area contributed by atoms with Crippen LogP contribution in [0, 0.1) is 0 Å². The Hall–Kier alpha value is -1.96. The van der Waals surface area contributed by atoms with Gasteiger partial charge in [-0.2, -0.15) is 13.5 Å². The minimum atomic E-state index is -4.84. The van der Waals surface area contributed by atoms with Crippen LogP contribution in [0.1, 0.15) is 32.1 Å². The van der Waals surface area contributed by atoms with Gasteiger partial charge < -0.3 is 10.2 Å². The monoisotopic (exact) mass is 391 g/mol. The molecule has 3 heterocycles. The number of carbonyl (C=O) groups is 3. The number of nitrogens with one attached hydrogen (secondary N) is 3. The second kappa shape index (κ2) is 7.34. The normalized spacial score (nSPS) is 28.8. The maximum Gasteiger partial charge on any atom is 0.418 e. The van der Waals surface area contributed by atoms with Crippen molar-refractivity contribution in [3.63, 3.8) is 0 Å². The zero-order valence-corrected chi connectivity index (χ0v) is 14.7. The number of hydrogen-bond acceptors (Lipinski definition) is 7. The SMILES string of the molecule is O=C(NNC(=O)[C@@H]1CC[C@@H]2CN1C(=O)N2OS(=O)(=O)O)[C@H]1CCCCN1. The average Bonchev–Trinajstić information content (AvgIpc) is 2.84. The summed E-state index contributed by atoms with van der Waals surface area (Å²) in [6.45, 7) is 0.826. The van der Waals surface area contributed by atoms with Crippen LogP contribution in [0.25, 0.3) is 0 Å². The molecule has 0 spiro atoms. The number of rotatable bonds is 4. The van der Waals surface area contributed by atoms with Crippen LogP contribution in [0.3, 0.4) is 0 Å². The molecule has 4 N–H and O–H groups in total. The molecule has 0 aromatic heterocycles. The number of amides is 4. The Morgan fingerprint density at radius 1 is 1.15 bits per heavy atom. The summed E-state index contributed by atoms with van der Waals surface area (Å²) < 4.78 is 34.8. The quantitative estimate of drug-likeness (QED) is 0.325. The van der Waals surface area contributed by atoms with E-state index in [0.29, 0.717) is 17.9 Å². The number of fused-ring (bicyclic) bond motifs is 2. The molecule has 146 valence electrons. The van der Waals surface area contributed by atoms with E-state index in [1.807, 2.05) is 0 Å². The number of nitrogens with zero attached hydrogens (tertiary/aromatic N) is 2. The number of urea groups is 1. The average molecular weight is 391 g/mol. The first-order chi connectivity index (χ1) is 12.3. The fraction of sp³-hybridized carbons (Fsp3) is 0.769. The van der Waals surface area contributed by atoms with E-state index in [0.717, 1.165) is 24.3 Å². The largest absolute Gasteiger partial charge is 0.418 e. The van der Waals surface area contributed by atoms with E-state index in [2.05, 4.69) is 20.5 Å². The molecular weight excluding hydrogens is 370 g/mol. The Morgan fingerprint density at radius 2 is 1.88 bits per heavy atom. The predicted octanol–water partition coefficient (Wildman–Crippen LogP) is -1.72. The summed E-state index contributed by atoms with van der Waals surface area (Å²) in [5, 5.41) is 3.61. The first kappa shape index (κ1) is 18.8. The summed E-state index contributed by atoms with van der Waals surface area (Å²) in [5.41, 5.74) is 4.67. The fourth-order valence-electron chi connectivity index (χ4n) is 3.47. The Morgan fingerprint density at radius 3 is 2.54 bits per heavy atom. The molecule has 3 fully saturated rings. The van der Waals surface area contributed by atoms with Crippen molar-refractivity contribution in [1.82, 2.24) is 26.1 Å². The summed E-state index contributed by atoms with van der Waals surface area (Å²) in [5.74, 6) is -0.925. The third kappa shape index (κ3) is 4.06. The van der Waals surface area contributed by atoms with Crippen molar-refractivity contribution in [2.45, 2.75) is 50.2 Å². The molecule has 3 aliphatic rings. The van der Waals surface area contributed by atoms with Crippen LogP contribution in [-0.4, -0.2) is 72.0 Å². The molecule has 0 aliphatic carbocycles. The Bertz CT molecular complexity index is 693. The molecule has 2 bridgehead atoms. The van der Waals surface area contributed by atoms with Crippen molar-refractivity contribution in [1.29, 1.82) is 0 Å². The summed E-state index contributed by atoms with van der Waals surface area (Å²) in [4.78, 5) is 37.8. The number of hydrazine groups is 1. The molecule has 0 unspecified atom stereocenters. The van der Waals surface area contributed by atoms with E-state index in [9.17, 15) is 22.8 Å². The molecule has 4 amide bonds. The van der Waals surface area contributed by atoms with Crippen LogP contribution < -0.4 is 16.2 Å². The zero-order chi connectivity index (χ0) is 18.9. The highest BCUT2D eigenvalue weighted by Crippen LogP contribution is 2.30. The van der Waals surface area contributed by atoms with Crippen molar-refractivity contribution >= 4 is 28.2 Å². The first-order valence-corrected chi connectivity index (χ1v) is 9.73. The van der Waals surface area contributed by atoms with E-state index < -0.39 is 34.4 Å². The summed E-state index contributed by atoms with van der Waals surface area (Å²) in [7, 11) is -4.84. The molecule has 3 atom stereocenters. The first-order valence-electron chi connectivity index (χ1n) is 8.36. The Balaban J connectivity index is 1.56. The van der Waals surface area contributed by atoms with Crippen molar-refractivity contribution in [2.75, 3.05) is 13.1 Å². The lowest BCUT2D eigenvalue weighted by atomic mass is 10.0.